The predicted octanol–water partition coefficient (Wildman–Crippen LogP) is 4.53. The number of hydrogen-bond donors (Lipinski definition) is 6. The summed E-state index contributed by atoms with van der Waals surface area (Å²) in [7, 11) is 1.72. The fourth-order valence-corrected chi connectivity index (χ4v) is 10.0. The molecule has 1 heterocycles. The highest BCUT2D eigenvalue weighted by molar-refractivity contribution is 6.08. The number of likely N-dealkylation sites (N-methyl/N-ethyl adjacent to an activating group) is 1. The van der Waals surface area contributed by atoms with Gasteiger partial charge in [0.05, 0.1) is 35.6 Å². The molecule has 4 aliphatic rings. The monoisotopic (exact) mass is 816 g/mol. The maximum Gasteiger partial charge on any atom is 0.245 e. The third-order valence-corrected chi connectivity index (χ3v) is 13.5. The zero-order valence-corrected chi connectivity index (χ0v) is 35.6. The Labute approximate surface area is 352 Å². The third kappa shape index (κ3) is 13.4. The van der Waals surface area contributed by atoms with Crippen LogP contribution in [0.3, 0.4) is 0 Å². The Balaban J connectivity index is 1.38. The van der Waals surface area contributed by atoms with Gasteiger partial charge in [-0.15, -0.1) is 0 Å². The Kier molecular flexibility index (Phi) is 18.3. The third-order valence-electron chi connectivity index (χ3n) is 13.5. The highest BCUT2D eigenvalue weighted by Gasteiger charge is 2.46. The van der Waals surface area contributed by atoms with Crippen molar-refractivity contribution in [3.8, 4) is 0 Å². The molecule has 1 unspecified atom stereocenters. The fourth-order valence-electron chi connectivity index (χ4n) is 10.0. The molecular formula is C47H73N7O5. The van der Waals surface area contributed by atoms with E-state index >= 15 is 4.79 Å². The van der Waals surface area contributed by atoms with Crippen LogP contribution in [0.4, 0.5) is 0 Å². The second kappa shape index (κ2) is 23.3. The number of carbonyl (C=O) groups is 5. The number of nitrogens with zero attached hydrogens (tertiary/aromatic N) is 1. The van der Waals surface area contributed by atoms with Gasteiger partial charge in [0.25, 0.3) is 0 Å². The van der Waals surface area contributed by atoms with Gasteiger partial charge in [-0.2, -0.15) is 0 Å². The van der Waals surface area contributed by atoms with Gasteiger partial charge in [0.15, 0.2) is 11.6 Å². The summed E-state index contributed by atoms with van der Waals surface area (Å²) in [5, 5.41) is 9.34. The molecule has 2 saturated carbocycles. The summed E-state index contributed by atoms with van der Waals surface area (Å²) in [6.45, 7) is 0.776. The van der Waals surface area contributed by atoms with Crippen molar-refractivity contribution in [3.63, 3.8) is 0 Å². The number of rotatable bonds is 22. The van der Waals surface area contributed by atoms with Gasteiger partial charge >= 0.3 is 0 Å². The van der Waals surface area contributed by atoms with Gasteiger partial charge in [-0.1, -0.05) is 119 Å². The number of ketones is 2. The number of unbranched alkanes of at least 4 members (excludes halogenated alkanes) is 1. The summed E-state index contributed by atoms with van der Waals surface area (Å²) in [6.07, 6.45) is 23.2. The molecule has 0 bridgehead atoms. The molecule has 7 atom stereocenters. The molecular weight excluding hydrogens is 743 g/mol. The lowest BCUT2D eigenvalue weighted by atomic mass is 9.74. The SMILES string of the molecule is CN[C@@H](Cc1ccccc1)C(=O)N[C@@H](CCCCN)C(=O)N1CCC[C@H]1C(=O)[C@H](CC1(NC(=O)[C@@H](N)CC2CCCCC2)C=CC=CC1)C(=O)[C@H](N)CC1CCCCC1. The van der Waals surface area contributed by atoms with E-state index in [1.807, 2.05) is 54.6 Å². The Bertz CT molecular complexity index is 1590. The number of Topliss-reactive ketones (excluding diaryl/α,β-unsaturated/α-hetero) is 2. The number of benzene rings is 1. The molecule has 0 radical (unpaired) electrons. The lowest BCUT2D eigenvalue weighted by molar-refractivity contribution is -0.145. The average Bonchev–Trinajstić information content (AvgIpc) is 3.75. The van der Waals surface area contributed by atoms with Crippen LogP contribution in [0.5, 0.6) is 0 Å². The Hall–Kier alpha value is -3.71. The molecule has 59 heavy (non-hydrogen) atoms. The second-order valence-electron chi connectivity index (χ2n) is 18.0. The van der Waals surface area contributed by atoms with Crippen LogP contribution in [0.25, 0.3) is 0 Å². The van der Waals surface area contributed by atoms with Crippen LogP contribution in [-0.4, -0.2) is 90.1 Å². The van der Waals surface area contributed by atoms with Crippen molar-refractivity contribution in [1.82, 2.24) is 20.9 Å². The standard InChI is InChI=1S/C47H73N7O5/c1-51-40(31-35-21-10-4-11-22-35)45(58)52-39(23-12-15-27-48)46(59)54-28-16-24-41(54)43(56)36(42(55)37(49)29-33-17-6-2-7-18-33)32-47(25-13-5-14-26-47)53-44(57)38(50)30-34-19-8-3-9-20-34/h4-5,10-11,13-14,21-22,25,33-34,36-41,51H,2-3,6-9,12,15-20,23-24,26-32,48-50H2,1H3,(H,52,58)(H,53,57)/t36-,37-,38+,39+,40+,41+,47?/m1/s1. The van der Waals surface area contributed by atoms with E-state index in [9.17, 15) is 19.2 Å². The summed E-state index contributed by atoms with van der Waals surface area (Å²) in [4.78, 5) is 73.6. The molecule has 1 saturated heterocycles. The molecule has 1 aliphatic heterocycles. The van der Waals surface area contributed by atoms with Gasteiger partial charge < -0.3 is 38.1 Å². The maximum absolute atomic E-state index is 15.1. The summed E-state index contributed by atoms with van der Waals surface area (Å²) in [5.41, 5.74) is 19.1. The van der Waals surface area contributed by atoms with E-state index < -0.39 is 41.7 Å². The quantitative estimate of drug-likeness (QED) is 0.0718. The molecule has 3 aliphatic carbocycles. The van der Waals surface area contributed by atoms with Crippen molar-refractivity contribution in [2.45, 2.75) is 164 Å². The number of nitrogens with one attached hydrogen (secondary N) is 3. The number of likely N-dealkylation sites (tertiary alicyclic amines) is 1. The molecule has 1 aromatic carbocycles. The van der Waals surface area contributed by atoms with E-state index in [1.54, 1.807) is 11.9 Å². The van der Waals surface area contributed by atoms with Gasteiger partial charge in [-0.25, -0.2) is 0 Å². The zero-order valence-electron chi connectivity index (χ0n) is 35.6. The summed E-state index contributed by atoms with van der Waals surface area (Å²) in [5.74, 6) is -2.07. The van der Waals surface area contributed by atoms with E-state index in [4.69, 9.17) is 17.2 Å². The number of allylic oxidation sites excluding steroid dienone is 2. The molecule has 5 rings (SSSR count). The van der Waals surface area contributed by atoms with Gasteiger partial charge in [0, 0.05) is 6.54 Å². The second-order valence-corrected chi connectivity index (χ2v) is 18.0. The first-order valence-electron chi connectivity index (χ1n) is 22.8. The van der Waals surface area contributed by atoms with Crippen molar-refractivity contribution >= 4 is 29.3 Å². The molecule has 0 spiro atoms. The van der Waals surface area contributed by atoms with Crippen LogP contribution in [0.2, 0.25) is 0 Å². The predicted molar refractivity (Wildman–Crippen MR) is 233 cm³/mol. The summed E-state index contributed by atoms with van der Waals surface area (Å²) < 4.78 is 0. The molecule has 1 aromatic rings. The first-order valence-corrected chi connectivity index (χ1v) is 22.8. The molecule has 3 amide bonds. The molecule has 12 nitrogen and oxygen atoms in total. The van der Waals surface area contributed by atoms with Gasteiger partial charge in [0.1, 0.15) is 6.04 Å². The highest BCUT2D eigenvalue weighted by Crippen LogP contribution is 2.34. The highest BCUT2D eigenvalue weighted by atomic mass is 16.2. The number of hydrogen-bond acceptors (Lipinski definition) is 9. The van der Waals surface area contributed by atoms with Gasteiger partial charge in [-0.05, 0) is 95.2 Å². The van der Waals surface area contributed by atoms with Gasteiger partial charge in [0.2, 0.25) is 17.7 Å². The first-order chi connectivity index (χ1) is 28.5. The van der Waals surface area contributed by atoms with E-state index in [2.05, 4.69) is 16.0 Å². The number of nitrogens with two attached hydrogens (primary N) is 3. The first kappa shape index (κ1) is 46.4. The Morgan fingerprint density at radius 2 is 1.46 bits per heavy atom. The molecule has 0 aromatic heterocycles. The van der Waals surface area contributed by atoms with Crippen molar-refractivity contribution in [3.05, 3.63) is 60.2 Å². The molecule has 9 N–H and O–H groups in total. The largest absolute Gasteiger partial charge is 0.345 e. The molecule has 326 valence electrons. The van der Waals surface area contributed by atoms with Crippen LogP contribution in [0, 0.1) is 17.8 Å². The average molecular weight is 816 g/mol. The lowest BCUT2D eigenvalue weighted by Crippen LogP contribution is -2.58. The van der Waals surface area contributed by atoms with Crippen LogP contribution in [0.1, 0.15) is 128 Å². The normalized spacial score (nSPS) is 23.9. The smallest absolute Gasteiger partial charge is 0.245 e. The van der Waals surface area contributed by atoms with Crippen molar-refractivity contribution in [2.75, 3.05) is 20.1 Å². The van der Waals surface area contributed by atoms with E-state index in [0.717, 1.165) is 56.9 Å². The topological polar surface area (TPSA) is 203 Å². The van der Waals surface area contributed by atoms with Crippen LogP contribution in [0.15, 0.2) is 54.6 Å². The van der Waals surface area contributed by atoms with E-state index in [-0.39, 0.29) is 35.7 Å². The van der Waals surface area contributed by atoms with Gasteiger partial charge in [-0.3, -0.25) is 24.0 Å². The Morgan fingerprint density at radius 3 is 2.07 bits per heavy atom. The molecule has 12 heteroatoms. The summed E-state index contributed by atoms with van der Waals surface area (Å²) in [6, 6.07) is 5.80. The fraction of sp³-hybridized carbons (Fsp3) is 0.681. The minimum Gasteiger partial charge on any atom is -0.345 e. The van der Waals surface area contributed by atoms with Crippen LogP contribution >= 0.6 is 0 Å². The number of amides is 3. The molecule has 3 fully saturated rings. The van der Waals surface area contributed by atoms with Crippen LogP contribution in [-0.2, 0) is 30.4 Å². The minimum absolute atomic E-state index is 0.0181. The van der Waals surface area contributed by atoms with E-state index in [0.29, 0.717) is 82.7 Å². The van der Waals surface area contributed by atoms with Crippen molar-refractivity contribution in [1.29, 1.82) is 0 Å². The minimum atomic E-state index is -1.16. The maximum atomic E-state index is 15.1. The zero-order chi connectivity index (χ0) is 42.2. The van der Waals surface area contributed by atoms with Crippen LogP contribution < -0.4 is 33.2 Å². The van der Waals surface area contributed by atoms with Crippen molar-refractivity contribution in [2.24, 2.45) is 35.0 Å². The number of carbonyl (C=O) groups excluding carboxylic acids is 5. The lowest BCUT2D eigenvalue weighted by Gasteiger charge is -2.38. The van der Waals surface area contributed by atoms with Crippen molar-refractivity contribution < 1.29 is 24.0 Å². The Morgan fingerprint density at radius 1 is 0.797 bits per heavy atom. The summed E-state index contributed by atoms with van der Waals surface area (Å²) >= 11 is 0. The van der Waals surface area contributed by atoms with E-state index in [1.165, 1.54) is 12.8 Å².